The molecule has 0 aliphatic heterocycles. The number of rotatable bonds is 4. The number of aromatic amines is 1. The van der Waals surface area contributed by atoms with E-state index in [2.05, 4.69) is 4.98 Å². The maximum Gasteiger partial charge on any atom is 0.329 e. The third-order valence-electron chi connectivity index (χ3n) is 3.08. The first kappa shape index (κ1) is 13.8. The van der Waals surface area contributed by atoms with E-state index in [9.17, 15) is 14.4 Å². The molecule has 0 saturated heterocycles. The van der Waals surface area contributed by atoms with Crippen LogP contribution in [0, 0.1) is 0 Å². The molecule has 3 N–H and O–H groups in total. The fourth-order valence-corrected chi connectivity index (χ4v) is 3.86. The molecule has 0 radical (unpaired) electrons. The van der Waals surface area contributed by atoms with Gasteiger partial charge in [-0.1, -0.05) is 6.07 Å². The quantitative estimate of drug-likeness (QED) is 0.759. The lowest BCUT2D eigenvalue weighted by Gasteiger charge is -2.03. The molecule has 0 aliphatic rings. The number of carbonyl (C=O) groups excluding carboxylic acids is 1. The van der Waals surface area contributed by atoms with Gasteiger partial charge in [-0.15, -0.1) is 22.7 Å². The summed E-state index contributed by atoms with van der Waals surface area (Å²) in [7, 11) is 0. The summed E-state index contributed by atoms with van der Waals surface area (Å²) in [6.07, 6.45) is -0.0486. The van der Waals surface area contributed by atoms with Crippen LogP contribution in [0.5, 0.6) is 0 Å². The van der Waals surface area contributed by atoms with E-state index in [1.165, 1.54) is 22.7 Å². The van der Waals surface area contributed by atoms with Gasteiger partial charge in [0, 0.05) is 28.8 Å². The van der Waals surface area contributed by atoms with Gasteiger partial charge in [0.2, 0.25) is 5.91 Å². The highest BCUT2D eigenvalue weighted by Crippen LogP contribution is 2.32. The Bertz CT molecular complexity index is 918. The third kappa shape index (κ3) is 2.43. The van der Waals surface area contributed by atoms with E-state index in [0.29, 0.717) is 10.2 Å². The van der Waals surface area contributed by atoms with Crippen molar-refractivity contribution in [1.29, 1.82) is 0 Å². The number of amides is 1. The lowest BCUT2D eigenvalue weighted by atomic mass is 10.2. The minimum absolute atomic E-state index is 0.0147. The average molecular weight is 321 g/mol. The van der Waals surface area contributed by atoms with Gasteiger partial charge < -0.3 is 5.73 Å². The lowest BCUT2D eigenvalue weighted by Crippen LogP contribution is -2.35. The largest absolute Gasteiger partial charge is 0.370 e. The number of hydrogen-bond donors (Lipinski definition) is 2. The Balaban J connectivity index is 2.22. The second kappa shape index (κ2) is 5.30. The Morgan fingerprint density at radius 2 is 2.14 bits per heavy atom. The molecule has 8 heteroatoms. The van der Waals surface area contributed by atoms with Crippen molar-refractivity contribution in [2.24, 2.45) is 5.73 Å². The number of H-pyrrole nitrogens is 1. The summed E-state index contributed by atoms with van der Waals surface area (Å²) in [5.41, 5.74) is 4.97. The number of primary amides is 1. The van der Waals surface area contributed by atoms with Gasteiger partial charge in [0.25, 0.3) is 5.56 Å². The van der Waals surface area contributed by atoms with E-state index in [0.717, 1.165) is 15.0 Å². The molecule has 0 aliphatic carbocycles. The molecule has 1 amide bonds. The number of fused-ring (bicyclic) bond motifs is 1. The van der Waals surface area contributed by atoms with Gasteiger partial charge >= 0.3 is 5.69 Å². The summed E-state index contributed by atoms with van der Waals surface area (Å²) in [5.74, 6) is -0.551. The van der Waals surface area contributed by atoms with E-state index in [-0.39, 0.29) is 18.5 Å². The summed E-state index contributed by atoms with van der Waals surface area (Å²) >= 11 is 2.84. The number of thiophene rings is 2. The SMILES string of the molecule is NC(=O)CCn1c(=O)[nH]c2scc(-c3cccs3)c2c1=O. The van der Waals surface area contributed by atoms with Crippen LogP contribution in [-0.4, -0.2) is 15.5 Å². The predicted octanol–water partition coefficient (Wildman–Crippen LogP) is 1.36. The lowest BCUT2D eigenvalue weighted by molar-refractivity contribution is -0.118. The maximum absolute atomic E-state index is 12.5. The number of carbonyl (C=O) groups is 1. The Hall–Kier alpha value is -2.19. The van der Waals surface area contributed by atoms with E-state index in [1.807, 2.05) is 22.9 Å². The van der Waals surface area contributed by atoms with Gasteiger partial charge in [-0.05, 0) is 11.4 Å². The molecule has 6 nitrogen and oxygen atoms in total. The zero-order valence-electron chi connectivity index (χ0n) is 10.8. The standard InChI is InChI=1S/C13H11N3O3S2/c14-9(17)3-4-16-12(18)10-7(8-2-1-5-20-8)6-21-11(10)15-13(16)19/h1-2,5-6H,3-4H2,(H2,14,17)(H,15,19). The van der Waals surface area contributed by atoms with Crippen LogP contribution in [-0.2, 0) is 11.3 Å². The smallest absolute Gasteiger partial charge is 0.329 e. The van der Waals surface area contributed by atoms with Crippen molar-refractivity contribution in [3.63, 3.8) is 0 Å². The molecule has 108 valence electrons. The highest BCUT2D eigenvalue weighted by atomic mass is 32.1. The molecular weight excluding hydrogens is 310 g/mol. The van der Waals surface area contributed by atoms with Crippen LogP contribution < -0.4 is 17.0 Å². The highest BCUT2D eigenvalue weighted by Gasteiger charge is 2.15. The minimum Gasteiger partial charge on any atom is -0.370 e. The highest BCUT2D eigenvalue weighted by molar-refractivity contribution is 7.18. The second-order valence-corrected chi connectivity index (χ2v) is 6.26. The van der Waals surface area contributed by atoms with Crippen molar-refractivity contribution in [3.8, 4) is 10.4 Å². The van der Waals surface area contributed by atoms with Gasteiger partial charge in [-0.3, -0.25) is 19.1 Å². The second-order valence-electron chi connectivity index (χ2n) is 4.43. The Labute approximate surface area is 126 Å². The zero-order chi connectivity index (χ0) is 15.0. The monoisotopic (exact) mass is 321 g/mol. The van der Waals surface area contributed by atoms with Crippen molar-refractivity contribution in [2.45, 2.75) is 13.0 Å². The predicted molar refractivity (Wildman–Crippen MR) is 83.8 cm³/mol. The fourth-order valence-electron chi connectivity index (χ4n) is 2.09. The minimum atomic E-state index is -0.551. The van der Waals surface area contributed by atoms with E-state index in [4.69, 9.17) is 5.73 Å². The Kier molecular flexibility index (Phi) is 3.48. The summed E-state index contributed by atoms with van der Waals surface area (Å²) in [6, 6.07) is 3.82. The molecule has 0 saturated carbocycles. The molecule has 0 unspecified atom stereocenters. The van der Waals surface area contributed by atoms with Crippen LogP contribution in [0.4, 0.5) is 0 Å². The van der Waals surface area contributed by atoms with Crippen molar-refractivity contribution >= 4 is 38.8 Å². The maximum atomic E-state index is 12.5. The van der Waals surface area contributed by atoms with E-state index < -0.39 is 11.6 Å². The van der Waals surface area contributed by atoms with Crippen LogP contribution >= 0.6 is 22.7 Å². The zero-order valence-corrected chi connectivity index (χ0v) is 12.4. The number of nitrogens with one attached hydrogen (secondary N) is 1. The number of hydrogen-bond acceptors (Lipinski definition) is 5. The van der Waals surface area contributed by atoms with E-state index >= 15 is 0 Å². The molecule has 0 bridgehead atoms. The first-order valence-corrected chi connectivity index (χ1v) is 7.90. The van der Waals surface area contributed by atoms with Gasteiger partial charge in [0.1, 0.15) is 4.83 Å². The molecule has 3 aromatic heterocycles. The normalized spacial score (nSPS) is 11.0. The van der Waals surface area contributed by atoms with E-state index in [1.54, 1.807) is 0 Å². The average Bonchev–Trinajstić information content (AvgIpc) is 3.05. The first-order chi connectivity index (χ1) is 10.1. The van der Waals surface area contributed by atoms with Gasteiger partial charge in [-0.25, -0.2) is 4.79 Å². The van der Waals surface area contributed by atoms with Crippen molar-refractivity contribution < 1.29 is 4.79 Å². The molecule has 0 fully saturated rings. The fraction of sp³-hybridized carbons (Fsp3) is 0.154. The molecule has 21 heavy (non-hydrogen) atoms. The van der Waals surface area contributed by atoms with Gasteiger partial charge in [0.05, 0.1) is 5.39 Å². The number of nitrogens with zero attached hydrogens (tertiary/aromatic N) is 1. The number of nitrogens with two attached hydrogens (primary N) is 1. The van der Waals surface area contributed by atoms with Crippen molar-refractivity contribution in [2.75, 3.05) is 0 Å². The molecule has 3 heterocycles. The van der Waals surface area contributed by atoms with Gasteiger partial charge in [-0.2, -0.15) is 0 Å². The first-order valence-electron chi connectivity index (χ1n) is 6.14. The van der Waals surface area contributed by atoms with Crippen LogP contribution in [0.15, 0.2) is 32.5 Å². The molecule has 0 atom stereocenters. The third-order valence-corrected chi connectivity index (χ3v) is 4.88. The van der Waals surface area contributed by atoms with Crippen LogP contribution in [0.2, 0.25) is 0 Å². The van der Waals surface area contributed by atoms with Crippen LogP contribution in [0.3, 0.4) is 0 Å². The summed E-state index contributed by atoms with van der Waals surface area (Å²) in [5, 5.41) is 4.26. The summed E-state index contributed by atoms with van der Waals surface area (Å²) in [6.45, 7) is -0.0147. The number of aromatic nitrogens is 2. The Morgan fingerprint density at radius 3 is 2.81 bits per heavy atom. The topological polar surface area (TPSA) is 97.9 Å². The summed E-state index contributed by atoms with van der Waals surface area (Å²) in [4.78, 5) is 39.5. The Morgan fingerprint density at radius 1 is 1.33 bits per heavy atom. The van der Waals surface area contributed by atoms with Gasteiger partial charge in [0.15, 0.2) is 0 Å². The van der Waals surface area contributed by atoms with Crippen molar-refractivity contribution in [3.05, 3.63) is 43.7 Å². The molecule has 3 rings (SSSR count). The van der Waals surface area contributed by atoms with Crippen molar-refractivity contribution in [1.82, 2.24) is 9.55 Å². The van der Waals surface area contributed by atoms with Crippen LogP contribution in [0.25, 0.3) is 20.7 Å². The molecule has 3 aromatic rings. The summed E-state index contributed by atoms with van der Waals surface area (Å²) < 4.78 is 1.02. The molecule has 0 spiro atoms. The van der Waals surface area contributed by atoms with Crippen LogP contribution in [0.1, 0.15) is 6.42 Å². The molecule has 0 aromatic carbocycles. The molecular formula is C13H11N3O3S2.